The average molecular weight is 232 g/mol. The van der Waals surface area contributed by atoms with E-state index in [1.807, 2.05) is 0 Å². The number of rotatable bonds is 2. The Morgan fingerprint density at radius 2 is 1.94 bits per heavy atom. The highest BCUT2D eigenvalue weighted by atomic mass is 19.4. The molecule has 1 rings (SSSR count). The molecule has 1 amide bonds. The van der Waals surface area contributed by atoms with Gasteiger partial charge in [-0.3, -0.25) is 9.59 Å². The van der Waals surface area contributed by atoms with Crippen LogP contribution in [0.25, 0.3) is 0 Å². The Bertz CT molecular complexity index is 412. The van der Waals surface area contributed by atoms with Gasteiger partial charge in [0.05, 0.1) is 0 Å². The van der Waals surface area contributed by atoms with E-state index in [2.05, 4.69) is 4.98 Å². The lowest BCUT2D eigenvalue weighted by molar-refractivity contribution is -0.167. The number of ketones is 1. The van der Waals surface area contributed by atoms with Crippen molar-refractivity contribution in [3.05, 3.63) is 23.9 Å². The molecule has 7 heteroatoms. The summed E-state index contributed by atoms with van der Waals surface area (Å²) in [6.45, 7) is 1.30. The van der Waals surface area contributed by atoms with Gasteiger partial charge >= 0.3 is 12.1 Å². The minimum Gasteiger partial charge on any atom is -0.303 e. The maximum atomic E-state index is 11.8. The lowest BCUT2D eigenvalue weighted by Gasteiger charge is -2.06. The molecule has 16 heavy (non-hydrogen) atoms. The Morgan fingerprint density at radius 1 is 1.31 bits per heavy atom. The van der Waals surface area contributed by atoms with E-state index in [1.54, 1.807) is 5.32 Å². The van der Waals surface area contributed by atoms with Crippen molar-refractivity contribution in [2.24, 2.45) is 0 Å². The second-order valence-electron chi connectivity index (χ2n) is 2.94. The summed E-state index contributed by atoms with van der Waals surface area (Å²) in [5, 5.41) is 1.56. The topological polar surface area (TPSA) is 59.1 Å². The fourth-order valence-electron chi connectivity index (χ4n) is 0.863. The van der Waals surface area contributed by atoms with Gasteiger partial charge in [0.15, 0.2) is 5.78 Å². The van der Waals surface area contributed by atoms with E-state index >= 15 is 0 Å². The molecule has 0 fully saturated rings. The molecule has 0 saturated carbocycles. The highest BCUT2D eigenvalue weighted by molar-refractivity contribution is 5.96. The normalized spacial score (nSPS) is 11.0. The van der Waals surface area contributed by atoms with Crippen molar-refractivity contribution in [1.29, 1.82) is 0 Å². The lowest BCUT2D eigenvalue weighted by Crippen LogP contribution is -2.30. The molecule has 1 aromatic heterocycles. The van der Waals surface area contributed by atoms with Gasteiger partial charge in [-0.2, -0.15) is 13.2 Å². The van der Waals surface area contributed by atoms with Crippen LogP contribution in [0.5, 0.6) is 0 Å². The fourth-order valence-corrected chi connectivity index (χ4v) is 0.863. The van der Waals surface area contributed by atoms with Crippen molar-refractivity contribution < 1.29 is 22.8 Å². The van der Waals surface area contributed by atoms with Gasteiger partial charge in [0.25, 0.3) is 0 Å². The molecule has 0 saturated heterocycles. The van der Waals surface area contributed by atoms with Crippen LogP contribution in [-0.2, 0) is 4.79 Å². The Balaban J connectivity index is 2.77. The summed E-state index contributed by atoms with van der Waals surface area (Å²) >= 11 is 0. The number of nitrogens with one attached hydrogen (secondary N) is 1. The first kappa shape index (κ1) is 12.2. The molecular formula is C9H7F3N2O2. The summed E-state index contributed by atoms with van der Waals surface area (Å²) < 4.78 is 35.5. The zero-order chi connectivity index (χ0) is 12.3. The highest BCUT2D eigenvalue weighted by Crippen LogP contribution is 2.17. The van der Waals surface area contributed by atoms with Crippen LogP contribution in [0.15, 0.2) is 18.3 Å². The molecule has 0 atom stereocenters. The van der Waals surface area contributed by atoms with Crippen LogP contribution in [-0.4, -0.2) is 22.9 Å². The fraction of sp³-hybridized carbons (Fsp3) is 0.222. The molecule has 1 aromatic rings. The van der Waals surface area contributed by atoms with Gasteiger partial charge in [-0.05, 0) is 19.1 Å². The van der Waals surface area contributed by atoms with Crippen molar-refractivity contribution in [2.45, 2.75) is 13.1 Å². The third kappa shape index (κ3) is 3.04. The number of alkyl halides is 3. The van der Waals surface area contributed by atoms with E-state index in [9.17, 15) is 22.8 Å². The van der Waals surface area contributed by atoms with Gasteiger partial charge < -0.3 is 5.32 Å². The SMILES string of the molecule is CC(=O)c1ccc(NC(=O)C(F)(F)F)nc1. The van der Waals surface area contributed by atoms with Gasteiger partial charge in [0.1, 0.15) is 5.82 Å². The summed E-state index contributed by atoms with van der Waals surface area (Å²) in [7, 11) is 0. The summed E-state index contributed by atoms with van der Waals surface area (Å²) in [5.74, 6) is -2.62. The molecule has 0 radical (unpaired) electrons. The maximum absolute atomic E-state index is 11.8. The Hall–Kier alpha value is -1.92. The second kappa shape index (κ2) is 4.30. The second-order valence-corrected chi connectivity index (χ2v) is 2.94. The minimum absolute atomic E-state index is 0.255. The predicted octanol–water partition coefficient (Wildman–Crippen LogP) is 1.79. The summed E-state index contributed by atoms with van der Waals surface area (Å²) in [5.41, 5.74) is 0.255. The molecule has 0 aliphatic rings. The van der Waals surface area contributed by atoms with Crippen molar-refractivity contribution in [3.63, 3.8) is 0 Å². The van der Waals surface area contributed by atoms with Gasteiger partial charge in [-0.1, -0.05) is 0 Å². The molecule has 0 aliphatic heterocycles. The molecule has 1 N–H and O–H groups in total. The first-order chi connectivity index (χ1) is 7.30. The van der Waals surface area contributed by atoms with E-state index in [-0.39, 0.29) is 17.2 Å². The van der Waals surface area contributed by atoms with Crippen LogP contribution in [0.2, 0.25) is 0 Å². The number of hydrogen-bond acceptors (Lipinski definition) is 3. The largest absolute Gasteiger partial charge is 0.471 e. The van der Waals surface area contributed by atoms with E-state index in [0.29, 0.717) is 0 Å². The first-order valence-electron chi connectivity index (χ1n) is 4.16. The van der Waals surface area contributed by atoms with Crippen LogP contribution < -0.4 is 5.32 Å². The number of amides is 1. The summed E-state index contributed by atoms with van der Waals surface area (Å²) in [4.78, 5) is 24.8. The van der Waals surface area contributed by atoms with E-state index in [0.717, 1.165) is 12.3 Å². The van der Waals surface area contributed by atoms with E-state index in [4.69, 9.17) is 0 Å². The van der Waals surface area contributed by atoms with Gasteiger partial charge in [-0.15, -0.1) is 0 Å². The van der Waals surface area contributed by atoms with Gasteiger partial charge in [0, 0.05) is 11.8 Å². The maximum Gasteiger partial charge on any atom is 0.471 e. The van der Waals surface area contributed by atoms with Crippen molar-refractivity contribution in [2.75, 3.05) is 5.32 Å². The van der Waals surface area contributed by atoms with Crippen LogP contribution in [0.3, 0.4) is 0 Å². The number of aromatic nitrogens is 1. The van der Waals surface area contributed by atoms with Crippen molar-refractivity contribution >= 4 is 17.5 Å². The number of carbonyl (C=O) groups excluding carboxylic acids is 2. The van der Waals surface area contributed by atoms with E-state index in [1.165, 1.54) is 13.0 Å². The summed E-state index contributed by atoms with van der Waals surface area (Å²) in [6.07, 6.45) is -3.87. The molecule has 4 nitrogen and oxygen atoms in total. The predicted molar refractivity (Wildman–Crippen MR) is 48.9 cm³/mol. The molecule has 0 unspecified atom stereocenters. The number of nitrogens with zero attached hydrogens (tertiary/aromatic N) is 1. The van der Waals surface area contributed by atoms with Crippen molar-refractivity contribution in [1.82, 2.24) is 4.98 Å². The molecular weight excluding hydrogens is 225 g/mol. The first-order valence-corrected chi connectivity index (χ1v) is 4.16. The number of Topliss-reactive ketones (excluding diaryl/α,β-unsaturated/α-hetero) is 1. The van der Waals surface area contributed by atoms with Crippen molar-refractivity contribution in [3.8, 4) is 0 Å². The molecule has 0 aromatic carbocycles. The molecule has 0 spiro atoms. The Kier molecular flexibility index (Phi) is 3.26. The average Bonchev–Trinajstić information content (AvgIpc) is 2.17. The quantitative estimate of drug-likeness (QED) is 0.790. The monoisotopic (exact) mass is 232 g/mol. The van der Waals surface area contributed by atoms with Gasteiger partial charge in [0.2, 0.25) is 0 Å². The zero-order valence-corrected chi connectivity index (χ0v) is 8.13. The number of pyridine rings is 1. The number of halogens is 3. The third-order valence-electron chi connectivity index (χ3n) is 1.67. The number of carbonyl (C=O) groups is 2. The smallest absolute Gasteiger partial charge is 0.303 e. The van der Waals surface area contributed by atoms with Crippen LogP contribution in [0.4, 0.5) is 19.0 Å². The Morgan fingerprint density at radius 3 is 2.31 bits per heavy atom. The standard InChI is InChI=1S/C9H7F3N2O2/c1-5(15)6-2-3-7(13-4-6)14-8(16)9(10,11)12/h2-4H,1H3,(H,13,14,16). The van der Waals surface area contributed by atoms with Gasteiger partial charge in [-0.25, -0.2) is 4.98 Å². The molecule has 1 heterocycles. The number of anilines is 1. The molecule has 0 aliphatic carbocycles. The van der Waals surface area contributed by atoms with Crippen LogP contribution in [0.1, 0.15) is 17.3 Å². The summed E-state index contributed by atoms with van der Waals surface area (Å²) in [6, 6.07) is 2.40. The molecule has 86 valence electrons. The highest BCUT2D eigenvalue weighted by Gasteiger charge is 2.38. The minimum atomic E-state index is -4.96. The lowest BCUT2D eigenvalue weighted by atomic mass is 10.2. The third-order valence-corrected chi connectivity index (χ3v) is 1.67. The van der Waals surface area contributed by atoms with E-state index < -0.39 is 12.1 Å². The zero-order valence-electron chi connectivity index (χ0n) is 8.13. The molecule has 0 bridgehead atoms. The Labute approximate surface area is 88.5 Å². The van der Waals surface area contributed by atoms with Crippen LogP contribution in [0, 0.1) is 0 Å². The number of hydrogen-bond donors (Lipinski definition) is 1. The van der Waals surface area contributed by atoms with Crippen LogP contribution >= 0.6 is 0 Å².